The maximum absolute atomic E-state index is 12.4. The van der Waals surface area contributed by atoms with E-state index in [1.54, 1.807) is 25.2 Å². The number of halogens is 2. The minimum atomic E-state index is -0.551. The number of nitrogens with one attached hydrogen (secondary N) is 1. The maximum Gasteiger partial charge on any atom is 0.116 e. The van der Waals surface area contributed by atoms with Gasteiger partial charge in [0.2, 0.25) is 0 Å². The highest BCUT2D eigenvalue weighted by molar-refractivity contribution is 9.10. The highest BCUT2D eigenvalue weighted by Crippen LogP contribution is 2.22. The minimum Gasteiger partial charge on any atom is -0.387 e. The van der Waals surface area contributed by atoms with Crippen molar-refractivity contribution in [2.45, 2.75) is 12.8 Å². The van der Waals surface area contributed by atoms with Gasteiger partial charge in [-0.1, -0.05) is 28.1 Å². The molecule has 1 atom stereocenters. The van der Waals surface area contributed by atoms with Crippen LogP contribution < -0.4 is 5.32 Å². The Kier molecular flexibility index (Phi) is 4.51. The normalized spacial score (nSPS) is 12.9. The second kappa shape index (κ2) is 5.44. The van der Waals surface area contributed by atoms with Gasteiger partial charge in [0, 0.05) is 11.0 Å². The van der Waals surface area contributed by atoms with Gasteiger partial charge in [0.05, 0.1) is 6.10 Å². The molecule has 0 aromatic heterocycles. The Bertz CT molecular complexity index is 306. The third-order valence-electron chi connectivity index (χ3n) is 2.00. The summed E-state index contributed by atoms with van der Waals surface area (Å²) in [5, 5.41) is 12.5. The van der Waals surface area contributed by atoms with Crippen LogP contribution in [0.15, 0.2) is 22.7 Å². The molecule has 4 heteroatoms. The van der Waals surface area contributed by atoms with Gasteiger partial charge < -0.3 is 10.4 Å². The average Bonchev–Trinajstić information content (AvgIpc) is 2.18. The Hall–Kier alpha value is -0.450. The molecule has 2 nitrogen and oxygen atoms in total. The molecule has 1 unspecified atom stereocenters. The summed E-state index contributed by atoms with van der Waals surface area (Å²) in [6.45, 7) is -0.00953. The topological polar surface area (TPSA) is 32.3 Å². The fourth-order valence-electron chi connectivity index (χ4n) is 1.19. The van der Waals surface area contributed by atoms with Gasteiger partial charge in [0.15, 0.2) is 0 Å². The van der Waals surface area contributed by atoms with Crippen molar-refractivity contribution in [1.29, 1.82) is 0 Å². The lowest BCUT2D eigenvalue weighted by Gasteiger charge is -2.11. The number of rotatable bonds is 4. The maximum atomic E-state index is 12.4. The van der Waals surface area contributed by atoms with Crippen LogP contribution in [0.4, 0.5) is 4.39 Å². The van der Waals surface area contributed by atoms with Crippen LogP contribution in [-0.2, 0) is 6.67 Å². The van der Waals surface area contributed by atoms with Gasteiger partial charge in [0.25, 0.3) is 0 Å². The van der Waals surface area contributed by atoms with E-state index in [-0.39, 0.29) is 0 Å². The summed E-state index contributed by atoms with van der Waals surface area (Å²) in [7, 11) is 1.77. The third-order valence-corrected chi connectivity index (χ3v) is 2.74. The van der Waals surface area contributed by atoms with Crippen molar-refractivity contribution in [1.82, 2.24) is 5.32 Å². The summed E-state index contributed by atoms with van der Waals surface area (Å²) in [5.74, 6) is 0. The molecule has 0 aliphatic carbocycles. The molecule has 0 radical (unpaired) electrons. The number of aliphatic hydroxyl groups is 1. The lowest BCUT2D eigenvalue weighted by molar-refractivity contribution is 0.177. The lowest BCUT2D eigenvalue weighted by Crippen LogP contribution is -2.16. The van der Waals surface area contributed by atoms with Crippen molar-refractivity contribution in [2.75, 3.05) is 13.6 Å². The molecular weight excluding hydrogens is 249 g/mol. The number of aliphatic hydroxyl groups excluding tert-OH is 1. The van der Waals surface area contributed by atoms with E-state index >= 15 is 0 Å². The highest BCUT2D eigenvalue weighted by Gasteiger charge is 2.08. The monoisotopic (exact) mass is 261 g/mol. The van der Waals surface area contributed by atoms with Crippen LogP contribution in [0.25, 0.3) is 0 Å². The number of likely N-dealkylation sites (N-methyl/N-ethyl adjacent to an activating group) is 1. The van der Waals surface area contributed by atoms with Crippen LogP contribution >= 0.6 is 15.9 Å². The summed E-state index contributed by atoms with van der Waals surface area (Å²) in [6, 6.07) is 5.16. The van der Waals surface area contributed by atoms with E-state index in [4.69, 9.17) is 0 Å². The molecule has 1 rings (SSSR count). The van der Waals surface area contributed by atoms with Crippen molar-refractivity contribution in [3.05, 3.63) is 33.8 Å². The molecule has 0 spiro atoms. The van der Waals surface area contributed by atoms with Gasteiger partial charge in [-0.3, -0.25) is 0 Å². The quantitative estimate of drug-likeness (QED) is 0.871. The predicted octanol–water partition coefficient (Wildman–Crippen LogP) is 2.17. The fraction of sp³-hybridized carbons (Fsp3) is 0.400. The van der Waals surface area contributed by atoms with Crippen LogP contribution in [0.3, 0.4) is 0 Å². The number of hydrogen-bond acceptors (Lipinski definition) is 2. The first-order valence-corrected chi connectivity index (χ1v) is 5.15. The molecule has 0 heterocycles. The average molecular weight is 262 g/mol. The molecule has 14 heavy (non-hydrogen) atoms. The smallest absolute Gasteiger partial charge is 0.116 e. The minimum absolute atomic E-state index is 0.488. The van der Waals surface area contributed by atoms with E-state index in [0.717, 1.165) is 5.56 Å². The zero-order valence-corrected chi connectivity index (χ0v) is 9.51. The summed E-state index contributed by atoms with van der Waals surface area (Å²) in [6.07, 6.45) is -0.551. The number of benzene rings is 1. The molecule has 0 aliphatic heterocycles. The van der Waals surface area contributed by atoms with Crippen LogP contribution in [0.1, 0.15) is 17.2 Å². The van der Waals surface area contributed by atoms with Gasteiger partial charge in [0.1, 0.15) is 6.67 Å². The number of hydrogen-bond donors (Lipinski definition) is 2. The number of alkyl halides is 1. The van der Waals surface area contributed by atoms with Crippen molar-refractivity contribution >= 4 is 15.9 Å². The first-order chi connectivity index (χ1) is 6.69. The second-order valence-electron chi connectivity index (χ2n) is 3.06. The van der Waals surface area contributed by atoms with E-state index < -0.39 is 12.8 Å². The zero-order chi connectivity index (χ0) is 10.6. The summed E-state index contributed by atoms with van der Waals surface area (Å²) in [5.41, 5.74) is 1.38. The molecule has 0 fully saturated rings. The molecule has 1 aromatic rings. The Morgan fingerprint density at radius 3 is 2.79 bits per heavy atom. The molecule has 2 N–H and O–H groups in total. The first kappa shape index (κ1) is 11.6. The largest absolute Gasteiger partial charge is 0.387 e. The molecule has 0 bridgehead atoms. The standard InChI is InChI=1S/C10H13BrFNO/c1-13-6-10(14)7-2-3-8(5-12)9(11)4-7/h2-4,10,13-14H,5-6H2,1H3. The van der Waals surface area contributed by atoms with Crippen molar-refractivity contribution in [3.8, 4) is 0 Å². The van der Waals surface area contributed by atoms with Crippen molar-refractivity contribution in [3.63, 3.8) is 0 Å². The molecular formula is C10H13BrFNO. The fourth-order valence-corrected chi connectivity index (χ4v) is 1.69. The lowest BCUT2D eigenvalue weighted by atomic mass is 10.1. The Balaban J connectivity index is 2.85. The molecule has 78 valence electrons. The van der Waals surface area contributed by atoms with E-state index in [0.29, 0.717) is 16.6 Å². The van der Waals surface area contributed by atoms with Gasteiger partial charge in [-0.15, -0.1) is 0 Å². The van der Waals surface area contributed by atoms with Crippen molar-refractivity contribution in [2.24, 2.45) is 0 Å². The van der Waals surface area contributed by atoms with E-state index in [1.807, 2.05) is 0 Å². The first-order valence-electron chi connectivity index (χ1n) is 4.36. The van der Waals surface area contributed by atoms with E-state index in [2.05, 4.69) is 21.2 Å². The SMILES string of the molecule is CNCC(O)c1ccc(CF)c(Br)c1. The van der Waals surface area contributed by atoms with Gasteiger partial charge in [-0.05, 0) is 24.2 Å². The highest BCUT2D eigenvalue weighted by atomic mass is 79.9. The van der Waals surface area contributed by atoms with Gasteiger partial charge >= 0.3 is 0 Å². The van der Waals surface area contributed by atoms with Crippen LogP contribution in [0.2, 0.25) is 0 Å². The van der Waals surface area contributed by atoms with Gasteiger partial charge in [-0.2, -0.15) is 0 Å². The summed E-state index contributed by atoms with van der Waals surface area (Å²) < 4.78 is 13.1. The van der Waals surface area contributed by atoms with Crippen LogP contribution in [0.5, 0.6) is 0 Å². The third kappa shape index (κ3) is 2.77. The summed E-state index contributed by atoms with van der Waals surface area (Å²) in [4.78, 5) is 0. The summed E-state index contributed by atoms with van der Waals surface area (Å²) >= 11 is 3.26. The molecule has 0 saturated heterocycles. The van der Waals surface area contributed by atoms with Gasteiger partial charge in [-0.25, -0.2) is 4.39 Å². The molecule has 1 aromatic carbocycles. The van der Waals surface area contributed by atoms with Crippen LogP contribution in [-0.4, -0.2) is 18.7 Å². The Morgan fingerprint density at radius 1 is 1.57 bits per heavy atom. The van der Waals surface area contributed by atoms with E-state index in [9.17, 15) is 9.50 Å². The Morgan fingerprint density at radius 2 is 2.29 bits per heavy atom. The molecule has 0 saturated carbocycles. The zero-order valence-electron chi connectivity index (χ0n) is 7.93. The predicted molar refractivity (Wildman–Crippen MR) is 57.8 cm³/mol. The Labute approximate surface area is 91.3 Å². The van der Waals surface area contributed by atoms with Crippen molar-refractivity contribution < 1.29 is 9.50 Å². The molecule has 0 amide bonds. The van der Waals surface area contributed by atoms with E-state index in [1.165, 1.54) is 0 Å². The van der Waals surface area contributed by atoms with Crippen LogP contribution in [0, 0.1) is 0 Å². The molecule has 0 aliphatic rings. The second-order valence-corrected chi connectivity index (χ2v) is 3.91.